The number of furan rings is 1. The Morgan fingerprint density at radius 3 is 2.73 bits per heavy atom. The lowest BCUT2D eigenvalue weighted by atomic mass is 10.1. The summed E-state index contributed by atoms with van der Waals surface area (Å²) in [6, 6.07) is 12.1. The van der Waals surface area contributed by atoms with Crippen molar-refractivity contribution in [3.05, 3.63) is 75.3 Å². The number of hydrogen-bond donors (Lipinski definition) is 1. The number of esters is 1. The van der Waals surface area contributed by atoms with E-state index >= 15 is 0 Å². The summed E-state index contributed by atoms with van der Waals surface area (Å²) in [5.74, 6) is -0.666. The fourth-order valence-corrected chi connectivity index (χ4v) is 2.85. The Bertz CT molecular complexity index is 1200. The number of carbonyl (C=O) groups excluding carboxylic acids is 1. The van der Waals surface area contributed by atoms with Crippen LogP contribution >= 0.6 is 11.6 Å². The van der Waals surface area contributed by atoms with E-state index in [-0.39, 0.29) is 23.7 Å². The average Bonchev–Trinajstić information content (AvgIpc) is 3.02. The van der Waals surface area contributed by atoms with E-state index in [1.54, 1.807) is 30.3 Å². The zero-order valence-corrected chi connectivity index (χ0v) is 13.9. The molecule has 0 atom stereocenters. The van der Waals surface area contributed by atoms with Gasteiger partial charge in [0.2, 0.25) is 5.76 Å². The largest absolute Gasteiger partial charge is 0.508 e. The number of benzene rings is 2. The van der Waals surface area contributed by atoms with Gasteiger partial charge in [0.05, 0.1) is 0 Å². The highest BCUT2D eigenvalue weighted by Gasteiger charge is 2.15. The van der Waals surface area contributed by atoms with Gasteiger partial charge in [-0.2, -0.15) is 0 Å². The highest BCUT2D eigenvalue weighted by atomic mass is 35.5. The van der Waals surface area contributed by atoms with Crippen molar-refractivity contribution >= 4 is 39.5 Å². The third kappa shape index (κ3) is 3.02. The lowest BCUT2D eigenvalue weighted by Gasteiger charge is -2.06. The quantitative estimate of drug-likeness (QED) is 0.428. The molecule has 0 fully saturated rings. The Balaban J connectivity index is 1.61. The van der Waals surface area contributed by atoms with Crippen LogP contribution in [0.2, 0.25) is 5.02 Å². The molecule has 2 aromatic heterocycles. The third-order valence-corrected chi connectivity index (χ3v) is 4.09. The highest BCUT2D eigenvalue weighted by Crippen LogP contribution is 2.25. The zero-order valence-electron chi connectivity index (χ0n) is 13.2. The van der Waals surface area contributed by atoms with Gasteiger partial charge < -0.3 is 18.7 Å². The molecule has 6 nitrogen and oxygen atoms in total. The van der Waals surface area contributed by atoms with Crippen LogP contribution in [0, 0.1) is 0 Å². The molecule has 0 radical (unpaired) electrons. The standard InChI is InChI=1S/C19H11ClO6/c20-12-1-4-15-10(5-12)6-17(25-15)19(23)24-9-11-7-18(22)26-16-8-13(21)2-3-14(11)16/h1-8,21H,9H2. The number of hydrogen-bond acceptors (Lipinski definition) is 6. The minimum absolute atomic E-state index is 0.0317. The van der Waals surface area contributed by atoms with Crippen LogP contribution in [0.4, 0.5) is 0 Å². The number of phenolic OH excluding ortho intramolecular Hbond substituents is 1. The number of carbonyl (C=O) groups is 1. The third-order valence-electron chi connectivity index (χ3n) is 3.85. The van der Waals surface area contributed by atoms with E-state index in [1.165, 1.54) is 18.2 Å². The summed E-state index contributed by atoms with van der Waals surface area (Å²) in [6.07, 6.45) is 0. The van der Waals surface area contributed by atoms with Gasteiger partial charge >= 0.3 is 11.6 Å². The molecule has 0 saturated heterocycles. The summed E-state index contributed by atoms with van der Waals surface area (Å²) >= 11 is 5.92. The van der Waals surface area contributed by atoms with Gasteiger partial charge in [0.1, 0.15) is 23.5 Å². The summed E-state index contributed by atoms with van der Waals surface area (Å²) in [4.78, 5) is 23.9. The van der Waals surface area contributed by atoms with Crippen molar-refractivity contribution in [2.75, 3.05) is 0 Å². The summed E-state index contributed by atoms with van der Waals surface area (Å²) in [5, 5.41) is 11.3. The summed E-state index contributed by atoms with van der Waals surface area (Å²) in [5.41, 5.74) is 0.584. The number of fused-ring (bicyclic) bond motifs is 2. The summed E-state index contributed by atoms with van der Waals surface area (Å²) < 4.78 is 15.8. The van der Waals surface area contributed by atoms with Crippen LogP contribution in [-0.2, 0) is 11.3 Å². The molecule has 130 valence electrons. The van der Waals surface area contributed by atoms with E-state index in [2.05, 4.69) is 0 Å². The molecule has 0 aliphatic heterocycles. The number of phenols is 1. The maximum absolute atomic E-state index is 12.3. The summed E-state index contributed by atoms with van der Waals surface area (Å²) in [6.45, 7) is -0.149. The van der Waals surface area contributed by atoms with E-state index in [1.807, 2.05) is 0 Å². The van der Waals surface area contributed by atoms with Crippen LogP contribution in [0.1, 0.15) is 16.1 Å². The Labute approximate surface area is 151 Å². The highest BCUT2D eigenvalue weighted by molar-refractivity contribution is 6.31. The number of halogens is 1. The monoisotopic (exact) mass is 370 g/mol. The van der Waals surface area contributed by atoms with E-state index in [4.69, 9.17) is 25.2 Å². The molecule has 0 aliphatic carbocycles. The molecule has 0 amide bonds. The first kappa shape index (κ1) is 16.2. The lowest BCUT2D eigenvalue weighted by Crippen LogP contribution is -2.07. The Hall–Kier alpha value is -3.25. The fourth-order valence-electron chi connectivity index (χ4n) is 2.67. The van der Waals surface area contributed by atoms with E-state index in [9.17, 15) is 14.7 Å². The van der Waals surface area contributed by atoms with E-state index < -0.39 is 11.6 Å². The Morgan fingerprint density at radius 1 is 1.04 bits per heavy atom. The van der Waals surface area contributed by atoms with Gasteiger partial charge in [-0.05, 0) is 36.4 Å². The molecule has 4 rings (SSSR count). The van der Waals surface area contributed by atoms with Crippen LogP contribution in [0.15, 0.2) is 62.2 Å². The molecule has 0 aliphatic rings. The average molecular weight is 371 g/mol. The van der Waals surface area contributed by atoms with Gasteiger partial charge in [0, 0.05) is 33.5 Å². The van der Waals surface area contributed by atoms with Crippen LogP contribution in [0.25, 0.3) is 21.9 Å². The van der Waals surface area contributed by atoms with Crippen LogP contribution < -0.4 is 5.63 Å². The first-order chi connectivity index (χ1) is 12.5. The molecule has 2 aromatic carbocycles. The Morgan fingerprint density at radius 2 is 1.88 bits per heavy atom. The van der Waals surface area contributed by atoms with Gasteiger partial charge in [0.15, 0.2) is 0 Å². The number of aromatic hydroxyl groups is 1. The lowest BCUT2D eigenvalue weighted by molar-refractivity contribution is 0.0440. The summed E-state index contributed by atoms with van der Waals surface area (Å²) in [7, 11) is 0. The van der Waals surface area contributed by atoms with Crippen molar-refractivity contribution in [3.63, 3.8) is 0 Å². The van der Waals surface area contributed by atoms with Gasteiger partial charge in [-0.3, -0.25) is 0 Å². The normalized spacial score (nSPS) is 11.1. The second kappa shape index (κ2) is 6.24. The molecule has 0 saturated carbocycles. The van der Waals surface area contributed by atoms with Crippen molar-refractivity contribution in [2.24, 2.45) is 0 Å². The van der Waals surface area contributed by atoms with Gasteiger partial charge in [0.25, 0.3) is 0 Å². The first-order valence-corrected chi connectivity index (χ1v) is 7.99. The van der Waals surface area contributed by atoms with Crippen LogP contribution in [0.5, 0.6) is 5.75 Å². The van der Waals surface area contributed by atoms with Crippen molar-refractivity contribution < 1.29 is 23.5 Å². The smallest absolute Gasteiger partial charge is 0.374 e. The predicted octanol–water partition coefficient (Wildman–Crippen LogP) is 4.26. The topological polar surface area (TPSA) is 89.9 Å². The molecule has 0 bridgehead atoms. The molecule has 7 heteroatoms. The minimum Gasteiger partial charge on any atom is -0.508 e. The van der Waals surface area contributed by atoms with Crippen molar-refractivity contribution in [1.82, 2.24) is 0 Å². The molecule has 26 heavy (non-hydrogen) atoms. The molecule has 0 unspecified atom stereocenters. The fraction of sp³-hybridized carbons (Fsp3) is 0.0526. The molecule has 1 N–H and O–H groups in total. The SMILES string of the molecule is O=C(OCc1cc(=O)oc2cc(O)ccc12)c1cc2cc(Cl)ccc2o1. The van der Waals surface area contributed by atoms with Gasteiger partial charge in [-0.1, -0.05) is 11.6 Å². The van der Waals surface area contributed by atoms with Crippen molar-refractivity contribution in [2.45, 2.75) is 6.61 Å². The van der Waals surface area contributed by atoms with Gasteiger partial charge in [-0.25, -0.2) is 9.59 Å². The number of ether oxygens (including phenoxy) is 1. The van der Waals surface area contributed by atoms with E-state index in [0.717, 1.165) is 0 Å². The van der Waals surface area contributed by atoms with Crippen LogP contribution in [-0.4, -0.2) is 11.1 Å². The molecule has 4 aromatic rings. The Kier molecular flexibility index (Phi) is 3.89. The molecular formula is C19H11ClO6. The minimum atomic E-state index is -0.669. The molecular weight excluding hydrogens is 360 g/mol. The first-order valence-electron chi connectivity index (χ1n) is 7.61. The van der Waals surface area contributed by atoms with Crippen molar-refractivity contribution in [1.29, 1.82) is 0 Å². The second-order valence-electron chi connectivity index (χ2n) is 5.64. The van der Waals surface area contributed by atoms with E-state index in [0.29, 0.717) is 26.9 Å². The molecule has 0 spiro atoms. The maximum Gasteiger partial charge on any atom is 0.374 e. The maximum atomic E-state index is 12.3. The second-order valence-corrected chi connectivity index (χ2v) is 6.08. The zero-order chi connectivity index (χ0) is 18.3. The van der Waals surface area contributed by atoms with Crippen LogP contribution in [0.3, 0.4) is 0 Å². The number of rotatable bonds is 3. The predicted molar refractivity (Wildman–Crippen MR) is 94.5 cm³/mol. The van der Waals surface area contributed by atoms with Gasteiger partial charge in [-0.15, -0.1) is 0 Å². The van der Waals surface area contributed by atoms with Crippen molar-refractivity contribution in [3.8, 4) is 5.75 Å². The molecule has 2 heterocycles.